The Balaban J connectivity index is 1.88. The smallest absolute Gasteiger partial charge is 0.271 e. The summed E-state index contributed by atoms with van der Waals surface area (Å²) in [6, 6.07) is 12.3. The predicted octanol–water partition coefficient (Wildman–Crippen LogP) is 3.85. The second-order valence-corrected chi connectivity index (χ2v) is 6.22. The summed E-state index contributed by atoms with van der Waals surface area (Å²) in [5.74, 6) is -1.30. The molecule has 0 aliphatic rings. The molecule has 1 aromatic heterocycles. The molecule has 3 aromatic rings. The van der Waals surface area contributed by atoms with Crippen molar-refractivity contribution in [1.82, 2.24) is 4.57 Å². The summed E-state index contributed by atoms with van der Waals surface area (Å²) in [6.45, 7) is -0.151. The minimum atomic E-state index is -0.737. The van der Waals surface area contributed by atoms with Gasteiger partial charge in [-0.3, -0.25) is 19.7 Å². The van der Waals surface area contributed by atoms with Gasteiger partial charge >= 0.3 is 0 Å². The van der Waals surface area contributed by atoms with Gasteiger partial charge in [-0.05, 0) is 30.3 Å². The fourth-order valence-corrected chi connectivity index (χ4v) is 2.81. The summed E-state index contributed by atoms with van der Waals surface area (Å²) in [4.78, 5) is 35.3. The van der Waals surface area contributed by atoms with Crippen LogP contribution < -0.4 is 10.9 Å². The van der Waals surface area contributed by atoms with Crippen LogP contribution in [0.1, 0.15) is 15.9 Å². The van der Waals surface area contributed by atoms with Crippen molar-refractivity contribution < 1.29 is 14.1 Å². The van der Waals surface area contributed by atoms with Crippen molar-refractivity contribution in [3.8, 4) is 0 Å². The van der Waals surface area contributed by atoms with Gasteiger partial charge in [0.25, 0.3) is 17.2 Å². The number of hydrogen-bond acceptors (Lipinski definition) is 4. The van der Waals surface area contributed by atoms with E-state index in [0.717, 1.165) is 4.57 Å². The highest BCUT2D eigenvalue weighted by Gasteiger charge is 2.15. The van der Waals surface area contributed by atoms with E-state index in [1.165, 1.54) is 60.8 Å². The maximum atomic E-state index is 14.0. The van der Waals surface area contributed by atoms with E-state index in [1.807, 2.05) is 0 Å². The maximum Gasteiger partial charge on any atom is 0.271 e. The SMILES string of the molecule is O=C(Nc1cccc([N+](=O)[O-])c1)c1cccn(Cc2c(F)cccc2Cl)c1=O. The van der Waals surface area contributed by atoms with E-state index in [2.05, 4.69) is 5.32 Å². The van der Waals surface area contributed by atoms with Gasteiger partial charge in [0, 0.05) is 34.6 Å². The first-order valence-electron chi connectivity index (χ1n) is 8.05. The van der Waals surface area contributed by atoms with Crippen molar-refractivity contribution in [2.75, 3.05) is 5.32 Å². The fourth-order valence-electron chi connectivity index (χ4n) is 2.58. The number of rotatable bonds is 5. The van der Waals surface area contributed by atoms with Crippen molar-refractivity contribution >= 4 is 28.9 Å². The molecule has 0 bridgehead atoms. The highest BCUT2D eigenvalue weighted by molar-refractivity contribution is 6.31. The molecule has 0 saturated carbocycles. The summed E-state index contributed by atoms with van der Waals surface area (Å²) >= 11 is 5.99. The molecule has 2 aromatic carbocycles. The lowest BCUT2D eigenvalue weighted by Gasteiger charge is -2.10. The lowest BCUT2D eigenvalue weighted by Crippen LogP contribution is -2.29. The molecule has 9 heteroatoms. The number of carbonyl (C=O) groups excluding carboxylic acids is 1. The Morgan fingerprint density at radius 3 is 2.64 bits per heavy atom. The monoisotopic (exact) mass is 401 g/mol. The van der Waals surface area contributed by atoms with Crippen LogP contribution in [-0.2, 0) is 6.54 Å². The fraction of sp³-hybridized carbons (Fsp3) is 0.0526. The van der Waals surface area contributed by atoms with Gasteiger partial charge in [0.15, 0.2) is 0 Å². The second-order valence-electron chi connectivity index (χ2n) is 5.82. The summed E-state index contributed by atoms with van der Waals surface area (Å²) < 4.78 is 15.1. The first-order valence-corrected chi connectivity index (χ1v) is 8.43. The first-order chi connectivity index (χ1) is 13.4. The molecular weight excluding hydrogens is 389 g/mol. The molecule has 0 fully saturated rings. The number of hydrogen-bond donors (Lipinski definition) is 1. The minimum absolute atomic E-state index is 0.127. The van der Waals surface area contributed by atoms with Crippen molar-refractivity contribution in [2.24, 2.45) is 0 Å². The van der Waals surface area contributed by atoms with E-state index in [0.29, 0.717) is 0 Å². The average molecular weight is 402 g/mol. The standard InChI is InChI=1S/C19H13ClFN3O4/c20-16-7-2-8-17(21)15(16)11-23-9-3-6-14(19(23)26)18(25)22-12-4-1-5-13(10-12)24(27)28/h1-10H,11H2,(H,22,25). The van der Waals surface area contributed by atoms with E-state index in [4.69, 9.17) is 11.6 Å². The number of anilines is 1. The van der Waals surface area contributed by atoms with Crippen LogP contribution in [0.15, 0.2) is 65.6 Å². The molecule has 142 valence electrons. The van der Waals surface area contributed by atoms with Gasteiger partial charge in [-0.25, -0.2) is 4.39 Å². The van der Waals surface area contributed by atoms with Crippen LogP contribution in [0.2, 0.25) is 5.02 Å². The number of nitrogens with one attached hydrogen (secondary N) is 1. The number of nitro benzene ring substituents is 1. The van der Waals surface area contributed by atoms with Crippen LogP contribution in [0.5, 0.6) is 0 Å². The number of halogens is 2. The molecule has 0 aliphatic carbocycles. The van der Waals surface area contributed by atoms with E-state index < -0.39 is 22.2 Å². The minimum Gasteiger partial charge on any atom is -0.322 e. The number of non-ortho nitro benzene ring substituents is 1. The van der Waals surface area contributed by atoms with Gasteiger partial charge < -0.3 is 9.88 Å². The Labute approximate surface area is 163 Å². The molecule has 1 heterocycles. The molecule has 1 amide bonds. The maximum absolute atomic E-state index is 14.0. The third-order valence-corrected chi connectivity index (χ3v) is 4.32. The molecule has 3 rings (SSSR count). The third kappa shape index (κ3) is 4.07. The number of carbonyl (C=O) groups is 1. The van der Waals surface area contributed by atoms with Crippen LogP contribution in [0.4, 0.5) is 15.8 Å². The largest absolute Gasteiger partial charge is 0.322 e. The summed E-state index contributed by atoms with van der Waals surface area (Å²) in [5.41, 5.74) is -0.739. The molecule has 0 unspecified atom stereocenters. The van der Waals surface area contributed by atoms with E-state index in [-0.39, 0.29) is 34.1 Å². The van der Waals surface area contributed by atoms with E-state index >= 15 is 0 Å². The number of nitrogens with zero attached hydrogens (tertiary/aromatic N) is 2. The number of nitro groups is 1. The zero-order chi connectivity index (χ0) is 20.3. The molecule has 7 nitrogen and oxygen atoms in total. The molecule has 0 spiro atoms. The van der Waals surface area contributed by atoms with Gasteiger partial charge in [0.2, 0.25) is 0 Å². The summed E-state index contributed by atoms with van der Waals surface area (Å²) in [7, 11) is 0. The molecule has 28 heavy (non-hydrogen) atoms. The van der Waals surface area contributed by atoms with Crippen molar-refractivity contribution in [3.05, 3.63) is 103 Å². The Morgan fingerprint density at radius 2 is 1.93 bits per heavy atom. The number of benzene rings is 2. The van der Waals surface area contributed by atoms with Crippen molar-refractivity contribution in [1.29, 1.82) is 0 Å². The van der Waals surface area contributed by atoms with Crippen molar-refractivity contribution in [2.45, 2.75) is 6.54 Å². The molecule has 0 saturated heterocycles. The Hall–Kier alpha value is -3.52. The normalized spacial score (nSPS) is 10.5. The molecule has 0 atom stereocenters. The topological polar surface area (TPSA) is 94.2 Å². The van der Waals surface area contributed by atoms with Gasteiger partial charge in [-0.2, -0.15) is 0 Å². The summed E-state index contributed by atoms with van der Waals surface area (Å²) in [6.07, 6.45) is 1.41. The van der Waals surface area contributed by atoms with Crippen LogP contribution in [0.25, 0.3) is 0 Å². The van der Waals surface area contributed by atoms with Crippen LogP contribution in [0.3, 0.4) is 0 Å². The average Bonchev–Trinajstić information content (AvgIpc) is 2.66. The molecule has 0 aliphatic heterocycles. The van der Waals surface area contributed by atoms with Crippen LogP contribution in [-0.4, -0.2) is 15.4 Å². The quantitative estimate of drug-likeness (QED) is 0.519. The van der Waals surface area contributed by atoms with Crippen LogP contribution >= 0.6 is 11.6 Å². The Kier molecular flexibility index (Phi) is 5.51. The van der Waals surface area contributed by atoms with Gasteiger partial charge in [0.05, 0.1) is 11.5 Å². The van der Waals surface area contributed by atoms with Gasteiger partial charge in [-0.15, -0.1) is 0 Å². The number of aromatic nitrogens is 1. The van der Waals surface area contributed by atoms with Gasteiger partial charge in [0.1, 0.15) is 11.4 Å². The third-order valence-electron chi connectivity index (χ3n) is 3.97. The highest BCUT2D eigenvalue weighted by atomic mass is 35.5. The molecular formula is C19H13ClFN3O4. The van der Waals surface area contributed by atoms with Crippen molar-refractivity contribution in [3.63, 3.8) is 0 Å². The number of pyridine rings is 1. The van der Waals surface area contributed by atoms with E-state index in [9.17, 15) is 24.1 Å². The van der Waals surface area contributed by atoms with Gasteiger partial charge in [-0.1, -0.05) is 23.7 Å². The Bertz CT molecular complexity index is 1110. The zero-order valence-corrected chi connectivity index (χ0v) is 15.0. The number of amides is 1. The molecule has 1 N–H and O–H groups in total. The lowest BCUT2D eigenvalue weighted by molar-refractivity contribution is -0.384. The lowest BCUT2D eigenvalue weighted by atomic mass is 10.2. The zero-order valence-electron chi connectivity index (χ0n) is 14.3. The predicted molar refractivity (Wildman–Crippen MR) is 102 cm³/mol. The molecule has 0 radical (unpaired) electrons. The van der Waals surface area contributed by atoms with Crippen LogP contribution in [0, 0.1) is 15.9 Å². The Morgan fingerprint density at radius 1 is 1.18 bits per heavy atom. The second kappa shape index (κ2) is 8.01. The highest BCUT2D eigenvalue weighted by Crippen LogP contribution is 2.20. The van der Waals surface area contributed by atoms with E-state index in [1.54, 1.807) is 0 Å². The first kappa shape index (κ1) is 19.2. The summed E-state index contributed by atoms with van der Waals surface area (Å²) in [5, 5.41) is 13.5.